The molecule has 0 aromatic heterocycles. The molecule has 2 fully saturated rings. The van der Waals surface area contributed by atoms with Crippen molar-refractivity contribution in [2.45, 2.75) is 38.3 Å². The average Bonchev–Trinajstić information content (AvgIpc) is 3.39. The number of hydrogen-bond acceptors (Lipinski definition) is 2. The number of carbonyl (C=O) groups is 1. The standard InChI is InChI=1S/C19H23ClN2O/c20-18-6-2-1-4-15(18)13-22(16-7-8-16)19(23)17-9-11-21-10-3-5-14(17)12-21/h1-2,4,6,9,14,16H,3,5,7-8,10-13H2. The van der Waals surface area contributed by atoms with Crippen molar-refractivity contribution in [2.24, 2.45) is 5.92 Å². The van der Waals surface area contributed by atoms with Crippen molar-refractivity contribution in [3.8, 4) is 0 Å². The van der Waals surface area contributed by atoms with Crippen LogP contribution in [0.5, 0.6) is 0 Å². The van der Waals surface area contributed by atoms with Crippen molar-refractivity contribution in [2.75, 3.05) is 19.6 Å². The molecule has 2 unspecified atom stereocenters. The van der Waals surface area contributed by atoms with Crippen molar-refractivity contribution in [1.29, 1.82) is 0 Å². The number of rotatable bonds is 4. The first kappa shape index (κ1) is 15.2. The number of carbonyl (C=O) groups excluding carboxylic acids is 1. The first-order valence-electron chi connectivity index (χ1n) is 8.69. The Kier molecular flexibility index (Phi) is 4.16. The molecule has 1 aromatic carbocycles. The van der Waals surface area contributed by atoms with Gasteiger partial charge in [0, 0.05) is 42.2 Å². The van der Waals surface area contributed by atoms with Crippen LogP contribution in [0, 0.1) is 5.92 Å². The lowest BCUT2D eigenvalue weighted by Crippen LogP contribution is -2.44. The van der Waals surface area contributed by atoms with E-state index in [1.54, 1.807) is 0 Å². The minimum Gasteiger partial charge on any atom is -0.332 e. The molecule has 2 aliphatic heterocycles. The molecule has 1 amide bonds. The largest absolute Gasteiger partial charge is 0.332 e. The Morgan fingerprint density at radius 3 is 2.87 bits per heavy atom. The summed E-state index contributed by atoms with van der Waals surface area (Å²) in [5.41, 5.74) is 2.11. The predicted octanol–water partition coefficient (Wildman–Crippen LogP) is 3.48. The summed E-state index contributed by atoms with van der Waals surface area (Å²) in [4.78, 5) is 17.7. The fourth-order valence-corrected chi connectivity index (χ4v) is 4.06. The third-order valence-electron chi connectivity index (χ3n) is 5.31. The minimum absolute atomic E-state index is 0.249. The average molecular weight is 331 g/mol. The maximum Gasteiger partial charge on any atom is 0.250 e. The molecule has 0 N–H and O–H groups in total. The van der Waals surface area contributed by atoms with E-state index in [4.69, 9.17) is 11.6 Å². The van der Waals surface area contributed by atoms with E-state index in [9.17, 15) is 4.79 Å². The second-order valence-electron chi connectivity index (χ2n) is 7.01. The molecular weight excluding hydrogens is 308 g/mol. The Morgan fingerprint density at radius 1 is 1.26 bits per heavy atom. The van der Waals surface area contributed by atoms with Crippen LogP contribution in [0.25, 0.3) is 0 Å². The van der Waals surface area contributed by atoms with Crippen LogP contribution < -0.4 is 0 Å². The van der Waals surface area contributed by atoms with Crippen LogP contribution in [0.3, 0.4) is 0 Å². The SMILES string of the molecule is O=C(C1=CCN2CCCC1C2)N(Cc1ccccc1Cl)C1CC1. The van der Waals surface area contributed by atoms with E-state index < -0.39 is 0 Å². The number of halogens is 1. The molecule has 4 heteroatoms. The molecule has 3 nitrogen and oxygen atoms in total. The van der Waals surface area contributed by atoms with Gasteiger partial charge in [-0.2, -0.15) is 0 Å². The third-order valence-corrected chi connectivity index (χ3v) is 5.68. The zero-order valence-corrected chi connectivity index (χ0v) is 14.1. The lowest BCUT2D eigenvalue weighted by atomic mass is 9.86. The number of benzene rings is 1. The molecule has 2 heterocycles. The van der Waals surface area contributed by atoms with E-state index in [-0.39, 0.29) is 5.91 Å². The van der Waals surface area contributed by atoms with Gasteiger partial charge in [0.05, 0.1) is 0 Å². The summed E-state index contributed by atoms with van der Waals surface area (Å²) < 4.78 is 0. The van der Waals surface area contributed by atoms with Gasteiger partial charge in [-0.1, -0.05) is 35.9 Å². The number of piperidine rings is 1. The zero-order chi connectivity index (χ0) is 15.8. The molecule has 0 radical (unpaired) electrons. The minimum atomic E-state index is 0.249. The first-order valence-corrected chi connectivity index (χ1v) is 9.07. The quantitative estimate of drug-likeness (QED) is 0.843. The highest BCUT2D eigenvalue weighted by atomic mass is 35.5. The van der Waals surface area contributed by atoms with Gasteiger partial charge in [-0.25, -0.2) is 0 Å². The van der Waals surface area contributed by atoms with Crippen LogP contribution in [0.2, 0.25) is 5.02 Å². The van der Waals surface area contributed by atoms with Crippen molar-refractivity contribution < 1.29 is 4.79 Å². The summed E-state index contributed by atoms with van der Waals surface area (Å²) in [5, 5.41) is 0.757. The van der Waals surface area contributed by atoms with Crippen LogP contribution in [0.15, 0.2) is 35.9 Å². The van der Waals surface area contributed by atoms with E-state index in [1.807, 2.05) is 24.3 Å². The van der Waals surface area contributed by atoms with Crippen LogP contribution in [-0.4, -0.2) is 41.4 Å². The smallest absolute Gasteiger partial charge is 0.250 e. The lowest BCUT2D eigenvalue weighted by molar-refractivity contribution is -0.129. The molecule has 1 saturated heterocycles. The number of nitrogens with zero attached hydrogens (tertiary/aromatic N) is 2. The third kappa shape index (κ3) is 3.17. The van der Waals surface area contributed by atoms with Crippen molar-refractivity contribution in [3.05, 3.63) is 46.5 Å². The Balaban J connectivity index is 1.55. The van der Waals surface area contributed by atoms with Crippen molar-refractivity contribution in [1.82, 2.24) is 9.80 Å². The van der Waals surface area contributed by atoms with Crippen LogP contribution in [0.4, 0.5) is 0 Å². The van der Waals surface area contributed by atoms with Gasteiger partial charge in [-0.15, -0.1) is 0 Å². The van der Waals surface area contributed by atoms with Crippen LogP contribution in [-0.2, 0) is 11.3 Å². The second kappa shape index (κ2) is 6.29. The van der Waals surface area contributed by atoms with Gasteiger partial charge in [0.25, 0.3) is 0 Å². The number of fused-ring (bicyclic) bond motifs is 2. The lowest BCUT2D eigenvalue weighted by Gasteiger charge is -2.38. The first-order chi connectivity index (χ1) is 11.2. The highest BCUT2D eigenvalue weighted by Gasteiger charge is 2.38. The van der Waals surface area contributed by atoms with Gasteiger partial charge in [0.15, 0.2) is 0 Å². The predicted molar refractivity (Wildman–Crippen MR) is 92.3 cm³/mol. The Bertz CT molecular complexity index is 638. The summed E-state index contributed by atoms with van der Waals surface area (Å²) in [7, 11) is 0. The highest BCUT2D eigenvalue weighted by Crippen LogP contribution is 2.35. The van der Waals surface area contributed by atoms with Gasteiger partial charge in [-0.3, -0.25) is 9.69 Å². The molecule has 1 aromatic rings. The Labute approximate surface area is 142 Å². The molecule has 122 valence electrons. The molecule has 2 atom stereocenters. The van der Waals surface area contributed by atoms with Crippen LogP contribution in [0.1, 0.15) is 31.2 Å². The summed E-state index contributed by atoms with van der Waals surface area (Å²) >= 11 is 6.31. The maximum absolute atomic E-state index is 13.2. The maximum atomic E-state index is 13.2. The van der Waals surface area contributed by atoms with Gasteiger partial charge in [0.1, 0.15) is 0 Å². The van der Waals surface area contributed by atoms with Crippen molar-refractivity contribution in [3.63, 3.8) is 0 Å². The normalized spacial score (nSPS) is 26.6. The van der Waals surface area contributed by atoms with Gasteiger partial charge < -0.3 is 4.90 Å². The summed E-state index contributed by atoms with van der Waals surface area (Å²) in [6.07, 6.45) is 6.79. The van der Waals surface area contributed by atoms with Crippen LogP contribution >= 0.6 is 11.6 Å². The molecule has 0 spiro atoms. The van der Waals surface area contributed by atoms with E-state index in [0.29, 0.717) is 18.5 Å². The molecule has 2 bridgehead atoms. The highest BCUT2D eigenvalue weighted by molar-refractivity contribution is 6.31. The van der Waals surface area contributed by atoms with E-state index in [1.165, 1.54) is 13.0 Å². The second-order valence-corrected chi connectivity index (χ2v) is 7.42. The number of hydrogen-bond donors (Lipinski definition) is 0. The zero-order valence-electron chi connectivity index (χ0n) is 13.4. The topological polar surface area (TPSA) is 23.6 Å². The van der Waals surface area contributed by atoms with Crippen molar-refractivity contribution >= 4 is 17.5 Å². The summed E-state index contributed by atoms with van der Waals surface area (Å²) in [6.45, 7) is 3.81. The molecule has 23 heavy (non-hydrogen) atoms. The Hall–Kier alpha value is -1.32. The fraction of sp³-hybridized carbons (Fsp3) is 0.526. The fourth-order valence-electron chi connectivity index (χ4n) is 3.86. The van der Waals surface area contributed by atoms with E-state index >= 15 is 0 Å². The molecular formula is C19H23ClN2O. The molecule has 3 aliphatic rings. The summed E-state index contributed by atoms with van der Waals surface area (Å²) in [6, 6.07) is 8.28. The monoisotopic (exact) mass is 330 g/mol. The van der Waals surface area contributed by atoms with E-state index in [0.717, 1.165) is 48.5 Å². The van der Waals surface area contributed by atoms with E-state index in [2.05, 4.69) is 15.9 Å². The molecule has 1 saturated carbocycles. The molecule has 4 rings (SSSR count). The van der Waals surface area contributed by atoms with Gasteiger partial charge >= 0.3 is 0 Å². The van der Waals surface area contributed by atoms with Gasteiger partial charge in [-0.05, 0) is 43.9 Å². The number of amides is 1. The Morgan fingerprint density at radius 2 is 2.09 bits per heavy atom. The summed E-state index contributed by atoms with van der Waals surface area (Å²) in [5.74, 6) is 0.677. The van der Waals surface area contributed by atoms with Gasteiger partial charge in [0.2, 0.25) is 5.91 Å². The molecule has 1 aliphatic carbocycles.